The number of hydrogen-bond acceptors (Lipinski definition) is 4. The molecule has 3 rings (SSSR count). The molecule has 0 unspecified atom stereocenters. The van der Waals surface area contributed by atoms with Gasteiger partial charge in [0.15, 0.2) is 5.65 Å². The average molecular weight is 271 g/mol. The van der Waals surface area contributed by atoms with Crippen molar-refractivity contribution in [1.29, 1.82) is 0 Å². The number of amides is 1. The van der Waals surface area contributed by atoms with E-state index in [1.165, 1.54) is 7.11 Å². The Kier molecular flexibility index (Phi) is 2.67. The zero-order chi connectivity index (χ0) is 14.3. The number of methoxy groups -OCH3 is 1. The highest BCUT2D eigenvalue weighted by Gasteiger charge is 2.14. The van der Waals surface area contributed by atoms with Crippen LogP contribution in [0.3, 0.4) is 0 Å². The van der Waals surface area contributed by atoms with Gasteiger partial charge in [-0.2, -0.15) is 5.10 Å². The van der Waals surface area contributed by atoms with Gasteiger partial charge < -0.3 is 15.5 Å². The molecule has 20 heavy (non-hydrogen) atoms. The van der Waals surface area contributed by atoms with Gasteiger partial charge in [-0.25, -0.2) is 4.98 Å². The van der Waals surface area contributed by atoms with Gasteiger partial charge in [0.1, 0.15) is 17.1 Å². The van der Waals surface area contributed by atoms with Crippen molar-refractivity contribution in [2.24, 2.45) is 12.8 Å². The molecule has 0 fully saturated rings. The van der Waals surface area contributed by atoms with Crippen molar-refractivity contribution in [3.05, 3.63) is 30.0 Å². The second-order valence-electron chi connectivity index (χ2n) is 4.40. The fourth-order valence-electron chi connectivity index (χ4n) is 2.08. The number of H-pyrrole nitrogens is 1. The van der Waals surface area contributed by atoms with Crippen LogP contribution in [0.5, 0.6) is 5.75 Å². The summed E-state index contributed by atoms with van der Waals surface area (Å²) in [5, 5.41) is 4.22. The molecule has 7 heteroatoms. The molecule has 102 valence electrons. The van der Waals surface area contributed by atoms with Crippen LogP contribution in [0.1, 0.15) is 10.4 Å². The molecule has 0 aliphatic rings. The molecular weight excluding hydrogens is 258 g/mol. The van der Waals surface area contributed by atoms with Crippen molar-refractivity contribution < 1.29 is 9.53 Å². The van der Waals surface area contributed by atoms with Crippen LogP contribution in [0.25, 0.3) is 22.6 Å². The summed E-state index contributed by atoms with van der Waals surface area (Å²) in [7, 11) is 3.36. The number of nitrogens with two attached hydrogens (primary N) is 1. The largest absolute Gasteiger partial charge is 0.496 e. The summed E-state index contributed by atoms with van der Waals surface area (Å²) in [5.41, 5.74) is 7.86. The lowest BCUT2D eigenvalue weighted by atomic mass is 10.1. The van der Waals surface area contributed by atoms with E-state index >= 15 is 0 Å². The summed E-state index contributed by atoms with van der Waals surface area (Å²) in [5.74, 6) is 0.666. The van der Waals surface area contributed by atoms with Gasteiger partial charge in [-0.1, -0.05) is 0 Å². The van der Waals surface area contributed by atoms with Crippen LogP contribution < -0.4 is 10.5 Å². The number of imidazole rings is 1. The van der Waals surface area contributed by atoms with E-state index in [4.69, 9.17) is 10.5 Å². The van der Waals surface area contributed by atoms with E-state index in [1.54, 1.807) is 22.9 Å². The number of primary amides is 1. The first kappa shape index (κ1) is 12.2. The van der Waals surface area contributed by atoms with Crippen LogP contribution in [-0.4, -0.2) is 32.8 Å². The molecule has 2 aromatic heterocycles. The summed E-state index contributed by atoms with van der Waals surface area (Å²) in [6.07, 6.45) is 1.84. The summed E-state index contributed by atoms with van der Waals surface area (Å²) < 4.78 is 6.98. The monoisotopic (exact) mass is 271 g/mol. The fourth-order valence-corrected chi connectivity index (χ4v) is 2.08. The molecule has 0 atom stereocenters. The first-order valence-corrected chi connectivity index (χ1v) is 5.96. The van der Waals surface area contributed by atoms with E-state index in [0.29, 0.717) is 22.8 Å². The number of carbonyl (C=O) groups is 1. The quantitative estimate of drug-likeness (QED) is 0.744. The van der Waals surface area contributed by atoms with Gasteiger partial charge in [-0.3, -0.25) is 9.48 Å². The highest BCUT2D eigenvalue weighted by molar-refractivity contribution is 5.94. The minimum Gasteiger partial charge on any atom is -0.496 e. The molecule has 2 heterocycles. The number of benzene rings is 1. The standard InChI is InChI=1S/C13H13N5O2/c1-18-6-9-13(17-18)16-12(15-9)8-4-3-7(11(14)19)5-10(8)20-2/h3-6H,1-2H3,(H2,14,19)(H,15,16,17). The molecule has 0 spiro atoms. The second kappa shape index (κ2) is 4.37. The Hall–Kier alpha value is -2.83. The normalized spacial score (nSPS) is 10.9. The number of hydrogen-bond donors (Lipinski definition) is 2. The van der Waals surface area contributed by atoms with E-state index in [-0.39, 0.29) is 0 Å². The predicted octanol–water partition coefficient (Wildman–Crippen LogP) is 1.07. The Morgan fingerprint density at radius 2 is 2.25 bits per heavy atom. The zero-order valence-corrected chi connectivity index (χ0v) is 11.0. The topological polar surface area (TPSA) is 98.8 Å². The van der Waals surface area contributed by atoms with Crippen molar-refractivity contribution in [3.8, 4) is 17.1 Å². The van der Waals surface area contributed by atoms with Gasteiger partial charge in [-0.05, 0) is 18.2 Å². The van der Waals surface area contributed by atoms with Crippen molar-refractivity contribution in [2.45, 2.75) is 0 Å². The first-order valence-electron chi connectivity index (χ1n) is 5.96. The van der Waals surface area contributed by atoms with E-state index in [9.17, 15) is 4.79 Å². The molecule has 0 bridgehead atoms. The van der Waals surface area contributed by atoms with E-state index in [0.717, 1.165) is 11.1 Å². The molecule has 7 nitrogen and oxygen atoms in total. The second-order valence-corrected chi connectivity index (χ2v) is 4.40. The van der Waals surface area contributed by atoms with Crippen LogP contribution in [0, 0.1) is 0 Å². The summed E-state index contributed by atoms with van der Waals surface area (Å²) in [6, 6.07) is 4.98. The summed E-state index contributed by atoms with van der Waals surface area (Å²) >= 11 is 0. The highest BCUT2D eigenvalue weighted by atomic mass is 16.5. The number of nitrogens with zero attached hydrogens (tertiary/aromatic N) is 3. The Labute approximate surface area is 114 Å². The van der Waals surface area contributed by atoms with Crippen molar-refractivity contribution in [2.75, 3.05) is 7.11 Å². The Morgan fingerprint density at radius 3 is 2.90 bits per heavy atom. The van der Waals surface area contributed by atoms with Crippen molar-refractivity contribution >= 4 is 17.1 Å². The fraction of sp³-hybridized carbons (Fsp3) is 0.154. The van der Waals surface area contributed by atoms with Crippen LogP contribution in [0.4, 0.5) is 0 Å². The lowest BCUT2D eigenvalue weighted by Gasteiger charge is -2.07. The predicted molar refractivity (Wildman–Crippen MR) is 73.4 cm³/mol. The van der Waals surface area contributed by atoms with Crippen LogP contribution in [0.15, 0.2) is 24.4 Å². The number of ether oxygens (including phenoxy) is 1. The smallest absolute Gasteiger partial charge is 0.248 e. The van der Waals surface area contributed by atoms with Crippen LogP contribution >= 0.6 is 0 Å². The van der Waals surface area contributed by atoms with Crippen molar-refractivity contribution in [3.63, 3.8) is 0 Å². The molecular formula is C13H13N5O2. The van der Waals surface area contributed by atoms with Crippen molar-refractivity contribution in [1.82, 2.24) is 19.7 Å². The number of aromatic amines is 1. The molecule has 3 aromatic rings. The molecule has 1 aromatic carbocycles. The number of rotatable bonds is 3. The summed E-state index contributed by atoms with van der Waals surface area (Å²) in [6.45, 7) is 0. The molecule has 0 saturated heterocycles. The summed E-state index contributed by atoms with van der Waals surface area (Å²) in [4.78, 5) is 18.8. The average Bonchev–Trinajstić information content (AvgIpc) is 2.94. The van der Waals surface area contributed by atoms with Crippen LogP contribution in [-0.2, 0) is 7.05 Å². The van der Waals surface area contributed by atoms with Gasteiger partial charge in [0.25, 0.3) is 0 Å². The SMILES string of the molecule is COc1cc(C(N)=O)ccc1-c1nc2nn(C)cc2[nH]1. The molecule has 1 amide bonds. The number of carbonyl (C=O) groups excluding carboxylic acids is 1. The minimum absolute atomic E-state index is 0.390. The third kappa shape index (κ3) is 1.89. The minimum atomic E-state index is -0.498. The van der Waals surface area contributed by atoms with Gasteiger partial charge in [-0.15, -0.1) is 0 Å². The maximum atomic E-state index is 11.2. The number of aromatic nitrogens is 4. The molecule has 0 aliphatic carbocycles. The molecule has 0 aliphatic heterocycles. The number of nitrogens with one attached hydrogen (secondary N) is 1. The van der Waals surface area contributed by atoms with Gasteiger partial charge in [0.2, 0.25) is 5.91 Å². The first-order chi connectivity index (χ1) is 9.58. The molecule has 0 radical (unpaired) electrons. The van der Waals surface area contributed by atoms with Crippen LogP contribution in [0.2, 0.25) is 0 Å². The Morgan fingerprint density at radius 1 is 1.45 bits per heavy atom. The molecule has 0 saturated carbocycles. The lowest BCUT2D eigenvalue weighted by molar-refractivity contribution is 0.1000. The number of aryl methyl sites for hydroxylation is 1. The van der Waals surface area contributed by atoms with E-state index in [1.807, 2.05) is 13.2 Å². The third-order valence-electron chi connectivity index (χ3n) is 3.02. The van der Waals surface area contributed by atoms with Gasteiger partial charge >= 0.3 is 0 Å². The van der Waals surface area contributed by atoms with Gasteiger partial charge in [0.05, 0.1) is 18.9 Å². The lowest BCUT2D eigenvalue weighted by Crippen LogP contribution is -2.11. The zero-order valence-electron chi connectivity index (χ0n) is 11.0. The molecule has 3 N–H and O–H groups in total. The maximum Gasteiger partial charge on any atom is 0.248 e. The Balaban J connectivity index is 2.12. The third-order valence-corrected chi connectivity index (χ3v) is 3.02. The number of fused-ring (bicyclic) bond motifs is 1. The van der Waals surface area contributed by atoms with Gasteiger partial charge in [0, 0.05) is 12.6 Å². The highest BCUT2D eigenvalue weighted by Crippen LogP contribution is 2.30. The Bertz CT molecular complexity index is 771. The van der Waals surface area contributed by atoms with E-state index < -0.39 is 5.91 Å². The van der Waals surface area contributed by atoms with E-state index in [2.05, 4.69) is 15.1 Å². The maximum absolute atomic E-state index is 11.2.